The topological polar surface area (TPSA) is 35.2 Å². The minimum atomic E-state index is -3.14. The smallest absolute Gasteiger partial charge is 0.359 e. The van der Waals surface area contributed by atoms with Crippen LogP contribution in [0.4, 0.5) is 8.78 Å². The highest BCUT2D eigenvalue weighted by molar-refractivity contribution is 5.20. The summed E-state index contributed by atoms with van der Waals surface area (Å²) in [5.74, 6) is 0.0918. The maximum absolute atomic E-state index is 13.6. The van der Waals surface area contributed by atoms with Gasteiger partial charge in [0.2, 0.25) is 0 Å². The van der Waals surface area contributed by atoms with Crippen LogP contribution < -0.4 is 5.73 Å². The normalized spacial score (nSPS) is 36.1. The predicted molar refractivity (Wildman–Crippen MR) is 62.4 cm³/mol. The van der Waals surface area contributed by atoms with E-state index in [0.717, 1.165) is 19.3 Å². The Kier molecular flexibility index (Phi) is 3.02. The molecule has 17 heavy (non-hydrogen) atoms. The minimum absolute atomic E-state index is 0.128. The van der Waals surface area contributed by atoms with Crippen molar-refractivity contribution in [1.29, 1.82) is 0 Å². The number of hydrogen-bond acceptors (Lipinski definition) is 2. The van der Waals surface area contributed by atoms with E-state index in [0.29, 0.717) is 12.1 Å². The Bertz CT molecular complexity index is 342. The van der Waals surface area contributed by atoms with Crippen molar-refractivity contribution in [2.45, 2.75) is 43.8 Å². The lowest BCUT2D eigenvalue weighted by Crippen LogP contribution is -2.40. The number of alkyl halides is 2. The summed E-state index contributed by atoms with van der Waals surface area (Å²) in [7, 11) is 0. The van der Waals surface area contributed by atoms with E-state index in [1.807, 2.05) is 0 Å². The molecule has 3 unspecified atom stereocenters. The van der Waals surface area contributed by atoms with Gasteiger partial charge >= 0.3 is 6.11 Å². The number of fused-ring (bicyclic) bond motifs is 1. The van der Waals surface area contributed by atoms with Crippen LogP contribution in [-0.2, 0) is 4.74 Å². The molecule has 0 aliphatic heterocycles. The lowest BCUT2D eigenvalue weighted by molar-refractivity contribution is -0.282. The molecule has 4 heteroatoms. The molecule has 0 bridgehead atoms. The van der Waals surface area contributed by atoms with Crippen molar-refractivity contribution >= 4 is 0 Å². The molecule has 2 N–H and O–H groups in total. The Hall–Kier alpha value is -0.900. The zero-order chi connectivity index (χ0) is 12.7. The monoisotopic (exact) mass is 243 g/mol. The van der Waals surface area contributed by atoms with Crippen LogP contribution in [-0.4, -0.2) is 11.7 Å². The van der Waals surface area contributed by atoms with E-state index in [1.165, 1.54) is 6.08 Å². The van der Waals surface area contributed by atoms with Gasteiger partial charge in [-0.3, -0.25) is 0 Å². The van der Waals surface area contributed by atoms with Crippen molar-refractivity contribution in [3.63, 3.8) is 0 Å². The van der Waals surface area contributed by atoms with Gasteiger partial charge in [0.15, 0.2) is 0 Å². The van der Waals surface area contributed by atoms with Crippen LogP contribution in [0, 0.1) is 11.8 Å². The standard InChI is InChI=1S/C13H19F2NO/c1-3-7-13(14,15)17-12-8-10(12)5-4-6-11(12)9(2)16/h3,10-11H,1-2,4-8,16H2. The second-order valence-electron chi connectivity index (χ2n) is 5.15. The molecule has 0 aromatic carbocycles. The fraction of sp³-hybridized carbons (Fsp3) is 0.692. The number of nitrogens with two attached hydrogens (primary N) is 1. The fourth-order valence-corrected chi connectivity index (χ4v) is 3.10. The number of hydrogen-bond donors (Lipinski definition) is 1. The fourth-order valence-electron chi connectivity index (χ4n) is 3.10. The maximum Gasteiger partial charge on any atom is 0.359 e. The van der Waals surface area contributed by atoms with Crippen LogP contribution in [0.1, 0.15) is 32.1 Å². The number of rotatable bonds is 5. The van der Waals surface area contributed by atoms with E-state index in [1.54, 1.807) is 0 Å². The summed E-state index contributed by atoms with van der Waals surface area (Å²) < 4.78 is 32.2. The van der Waals surface area contributed by atoms with Crippen LogP contribution in [0.15, 0.2) is 24.9 Å². The summed E-state index contributed by atoms with van der Waals surface area (Å²) in [6, 6.07) is 0. The van der Waals surface area contributed by atoms with Gasteiger partial charge in [0.25, 0.3) is 0 Å². The summed E-state index contributed by atoms with van der Waals surface area (Å²) in [4.78, 5) is 0. The van der Waals surface area contributed by atoms with Gasteiger partial charge in [0.05, 0.1) is 12.0 Å². The second kappa shape index (κ2) is 4.09. The molecule has 96 valence electrons. The Labute approximate surface area is 101 Å². The Morgan fingerprint density at radius 2 is 2.24 bits per heavy atom. The third kappa shape index (κ3) is 2.23. The predicted octanol–water partition coefficient (Wildman–Crippen LogP) is 3.20. The summed E-state index contributed by atoms with van der Waals surface area (Å²) in [6.45, 7) is 7.04. The molecular weight excluding hydrogens is 224 g/mol. The Morgan fingerprint density at radius 1 is 1.53 bits per heavy atom. The van der Waals surface area contributed by atoms with Crippen molar-refractivity contribution < 1.29 is 13.5 Å². The quantitative estimate of drug-likeness (QED) is 0.752. The third-order valence-corrected chi connectivity index (χ3v) is 3.90. The van der Waals surface area contributed by atoms with Gasteiger partial charge < -0.3 is 10.5 Å². The molecule has 0 aromatic rings. The summed E-state index contributed by atoms with van der Waals surface area (Å²) in [5.41, 5.74) is 5.44. The zero-order valence-corrected chi connectivity index (χ0v) is 9.92. The molecule has 2 aliphatic rings. The molecule has 3 atom stereocenters. The van der Waals surface area contributed by atoms with Crippen molar-refractivity contribution in [2.75, 3.05) is 0 Å². The van der Waals surface area contributed by atoms with Crippen LogP contribution >= 0.6 is 0 Å². The molecule has 2 aliphatic carbocycles. The first-order valence-electron chi connectivity index (χ1n) is 6.04. The summed E-state index contributed by atoms with van der Waals surface area (Å²) in [5, 5.41) is 0. The SMILES string of the molecule is C=CCC(F)(F)OC12CC1CCCC2C(=C)N. The largest absolute Gasteiger partial charge is 0.402 e. The van der Waals surface area contributed by atoms with Gasteiger partial charge in [-0.25, -0.2) is 0 Å². The highest BCUT2D eigenvalue weighted by Crippen LogP contribution is 2.62. The van der Waals surface area contributed by atoms with Gasteiger partial charge in [0, 0.05) is 11.6 Å². The van der Waals surface area contributed by atoms with E-state index in [2.05, 4.69) is 13.2 Å². The molecule has 0 amide bonds. The molecule has 2 fully saturated rings. The van der Waals surface area contributed by atoms with Crippen molar-refractivity contribution in [3.05, 3.63) is 24.9 Å². The Balaban J connectivity index is 2.12. The van der Waals surface area contributed by atoms with Gasteiger partial charge in [-0.05, 0) is 25.2 Å². The van der Waals surface area contributed by atoms with Crippen molar-refractivity contribution in [3.8, 4) is 0 Å². The molecule has 2 saturated carbocycles. The highest BCUT2D eigenvalue weighted by Gasteiger charge is 2.65. The maximum atomic E-state index is 13.6. The van der Waals surface area contributed by atoms with E-state index < -0.39 is 18.1 Å². The van der Waals surface area contributed by atoms with E-state index in [4.69, 9.17) is 10.5 Å². The molecule has 0 aromatic heterocycles. The summed E-state index contributed by atoms with van der Waals surface area (Å²) >= 11 is 0. The van der Waals surface area contributed by atoms with Gasteiger partial charge in [0.1, 0.15) is 0 Å². The van der Waals surface area contributed by atoms with Gasteiger partial charge in [-0.2, -0.15) is 8.78 Å². The van der Waals surface area contributed by atoms with Crippen LogP contribution in [0.2, 0.25) is 0 Å². The second-order valence-corrected chi connectivity index (χ2v) is 5.15. The lowest BCUT2D eigenvalue weighted by Gasteiger charge is -2.34. The average molecular weight is 243 g/mol. The van der Waals surface area contributed by atoms with Crippen LogP contribution in [0.5, 0.6) is 0 Å². The average Bonchev–Trinajstić information content (AvgIpc) is 2.88. The first-order chi connectivity index (χ1) is 7.91. The first kappa shape index (κ1) is 12.6. The van der Waals surface area contributed by atoms with Gasteiger partial charge in [-0.1, -0.05) is 19.1 Å². The highest BCUT2D eigenvalue weighted by atomic mass is 19.3. The number of ether oxygens (including phenoxy) is 1. The van der Waals surface area contributed by atoms with E-state index in [-0.39, 0.29) is 11.8 Å². The van der Waals surface area contributed by atoms with Crippen molar-refractivity contribution in [2.24, 2.45) is 17.6 Å². The molecular formula is C13H19F2NO. The molecule has 0 saturated heterocycles. The minimum Gasteiger partial charge on any atom is -0.402 e. The molecule has 2 rings (SSSR count). The molecule has 0 heterocycles. The van der Waals surface area contributed by atoms with Crippen LogP contribution in [0.3, 0.4) is 0 Å². The Morgan fingerprint density at radius 3 is 2.82 bits per heavy atom. The van der Waals surface area contributed by atoms with Crippen molar-refractivity contribution in [1.82, 2.24) is 0 Å². The van der Waals surface area contributed by atoms with Crippen LogP contribution in [0.25, 0.3) is 0 Å². The third-order valence-electron chi connectivity index (χ3n) is 3.90. The molecule has 0 spiro atoms. The number of halogens is 2. The zero-order valence-electron chi connectivity index (χ0n) is 9.92. The molecule has 0 radical (unpaired) electrons. The molecule has 2 nitrogen and oxygen atoms in total. The summed E-state index contributed by atoms with van der Waals surface area (Å²) in [6.07, 6.45) is 1.05. The first-order valence-corrected chi connectivity index (χ1v) is 6.04. The lowest BCUT2D eigenvalue weighted by atomic mass is 9.84. The van der Waals surface area contributed by atoms with Gasteiger partial charge in [-0.15, -0.1) is 6.58 Å². The van der Waals surface area contributed by atoms with E-state index in [9.17, 15) is 8.78 Å². The van der Waals surface area contributed by atoms with E-state index >= 15 is 0 Å².